The van der Waals surface area contributed by atoms with E-state index in [4.69, 9.17) is 9.47 Å². The molecule has 4 heteroatoms. The minimum Gasteiger partial charge on any atom is -0.381 e. The van der Waals surface area contributed by atoms with Gasteiger partial charge in [0.2, 0.25) is 0 Å². The Kier molecular flexibility index (Phi) is 4.18. The zero-order chi connectivity index (χ0) is 12.4. The van der Waals surface area contributed by atoms with Gasteiger partial charge in [0.15, 0.2) is 0 Å². The predicted molar refractivity (Wildman–Crippen MR) is 75.3 cm³/mol. The Balaban J connectivity index is 1.66. The SMILES string of the molecule is SCC1(CN2CCOC3CCCC32)CCOCC1. The van der Waals surface area contributed by atoms with Crippen LogP contribution >= 0.6 is 12.6 Å². The van der Waals surface area contributed by atoms with Crippen molar-refractivity contribution in [2.45, 2.75) is 44.2 Å². The van der Waals surface area contributed by atoms with Crippen LogP contribution < -0.4 is 0 Å². The third-order valence-electron chi connectivity index (χ3n) is 5.02. The van der Waals surface area contributed by atoms with E-state index in [0.29, 0.717) is 17.6 Å². The number of thiol groups is 1. The standard InChI is InChI=1S/C14H25NO2S/c18-11-14(4-7-16-8-5-14)10-15-6-9-17-13-3-1-2-12(13)15/h12-13,18H,1-11H2. The van der Waals surface area contributed by atoms with Crippen LogP contribution in [0.25, 0.3) is 0 Å². The molecule has 3 nitrogen and oxygen atoms in total. The van der Waals surface area contributed by atoms with Gasteiger partial charge >= 0.3 is 0 Å². The number of morpholine rings is 1. The van der Waals surface area contributed by atoms with Crippen LogP contribution in [0, 0.1) is 5.41 Å². The van der Waals surface area contributed by atoms with Crippen LogP contribution in [0.5, 0.6) is 0 Å². The molecule has 0 aromatic carbocycles. The van der Waals surface area contributed by atoms with Crippen molar-refractivity contribution in [3.05, 3.63) is 0 Å². The Hall–Kier alpha value is 0.230. The van der Waals surface area contributed by atoms with Gasteiger partial charge in [0.1, 0.15) is 0 Å². The third-order valence-corrected chi connectivity index (χ3v) is 5.70. The Labute approximate surface area is 116 Å². The fourth-order valence-electron chi connectivity index (χ4n) is 3.80. The lowest BCUT2D eigenvalue weighted by Gasteiger charge is -2.45. The van der Waals surface area contributed by atoms with Gasteiger partial charge < -0.3 is 9.47 Å². The van der Waals surface area contributed by atoms with E-state index in [2.05, 4.69) is 17.5 Å². The van der Waals surface area contributed by atoms with E-state index in [1.807, 2.05) is 0 Å². The van der Waals surface area contributed by atoms with E-state index >= 15 is 0 Å². The summed E-state index contributed by atoms with van der Waals surface area (Å²) in [5.41, 5.74) is 0.381. The topological polar surface area (TPSA) is 21.7 Å². The van der Waals surface area contributed by atoms with Gasteiger partial charge in [0, 0.05) is 32.3 Å². The van der Waals surface area contributed by atoms with Crippen molar-refractivity contribution < 1.29 is 9.47 Å². The Bertz CT molecular complexity index is 281. The number of ether oxygens (including phenoxy) is 2. The second-order valence-corrected chi connectivity index (χ2v) is 6.46. The second kappa shape index (κ2) is 5.70. The summed E-state index contributed by atoms with van der Waals surface area (Å²) in [4.78, 5) is 2.70. The lowest BCUT2D eigenvalue weighted by atomic mass is 9.81. The number of hydrogen-bond acceptors (Lipinski definition) is 4. The number of rotatable bonds is 3. The Morgan fingerprint density at radius 2 is 2.00 bits per heavy atom. The summed E-state index contributed by atoms with van der Waals surface area (Å²) in [7, 11) is 0. The second-order valence-electron chi connectivity index (χ2n) is 6.15. The molecule has 1 saturated carbocycles. The van der Waals surface area contributed by atoms with E-state index < -0.39 is 0 Å². The van der Waals surface area contributed by atoms with Crippen LogP contribution in [0.2, 0.25) is 0 Å². The summed E-state index contributed by atoms with van der Waals surface area (Å²) in [6.07, 6.45) is 6.77. The minimum atomic E-state index is 0.381. The fourth-order valence-corrected chi connectivity index (χ4v) is 4.22. The average Bonchev–Trinajstić information content (AvgIpc) is 2.89. The van der Waals surface area contributed by atoms with Crippen molar-refractivity contribution >= 4 is 12.6 Å². The molecule has 0 N–H and O–H groups in total. The van der Waals surface area contributed by atoms with Crippen molar-refractivity contribution in [3.63, 3.8) is 0 Å². The molecular formula is C14H25NO2S. The van der Waals surface area contributed by atoms with Crippen LogP contribution in [0.3, 0.4) is 0 Å². The van der Waals surface area contributed by atoms with Crippen LogP contribution in [0.15, 0.2) is 0 Å². The first-order valence-electron chi connectivity index (χ1n) is 7.37. The largest absolute Gasteiger partial charge is 0.381 e. The highest BCUT2D eigenvalue weighted by atomic mass is 32.1. The van der Waals surface area contributed by atoms with Gasteiger partial charge in [-0.15, -0.1) is 0 Å². The molecule has 2 heterocycles. The summed E-state index contributed by atoms with van der Waals surface area (Å²) in [6, 6.07) is 0.679. The molecule has 1 aliphatic carbocycles. The maximum absolute atomic E-state index is 5.90. The van der Waals surface area contributed by atoms with Crippen molar-refractivity contribution in [3.8, 4) is 0 Å². The van der Waals surface area contributed by atoms with E-state index in [1.165, 1.54) is 38.6 Å². The first-order chi connectivity index (χ1) is 8.83. The van der Waals surface area contributed by atoms with E-state index in [9.17, 15) is 0 Å². The smallest absolute Gasteiger partial charge is 0.0730 e. The summed E-state index contributed by atoms with van der Waals surface area (Å²) < 4.78 is 11.4. The molecule has 3 rings (SSSR count). The normalized spacial score (nSPS) is 36.5. The summed E-state index contributed by atoms with van der Waals surface area (Å²) in [5.74, 6) is 0.991. The van der Waals surface area contributed by atoms with Crippen LogP contribution in [0.1, 0.15) is 32.1 Å². The van der Waals surface area contributed by atoms with Crippen LogP contribution in [0.4, 0.5) is 0 Å². The molecule has 0 aromatic heterocycles. The average molecular weight is 271 g/mol. The molecule has 104 valence electrons. The highest BCUT2D eigenvalue weighted by molar-refractivity contribution is 7.80. The zero-order valence-electron chi connectivity index (χ0n) is 11.1. The van der Waals surface area contributed by atoms with Crippen molar-refractivity contribution in [2.75, 3.05) is 38.7 Å². The minimum absolute atomic E-state index is 0.381. The lowest BCUT2D eigenvalue weighted by molar-refractivity contribution is -0.0784. The molecule has 0 bridgehead atoms. The molecule has 2 saturated heterocycles. The monoisotopic (exact) mass is 271 g/mol. The Morgan fingerprint density at radius 1 is 1.17 bits per heavy atom. The Morgan fingerprint density at radius 3 is 2.78 bits per heavy atom. The third kappa shape index (κ3) is 2.58. The van der Waals surface area contributed by atoms with Gasteiger partial charge in [-0.25, -0.2) is 0 Å². The molecule has 2 aliphatic heterocycles. The molecule has 2 atom stereocenters. The summed E-state index contributed by atoms with van der Waals surface area (Å²) in [5, 5.41) is 0. The summed E-state index contributed by atoms with van der Waals surface area (Å²) >= 11 is 4.63. The van der Waals surface area contributed by atoms with Crippen molar-refractivity contribution in [2.24, 2.45) is 5.41 Å². The molecule has 3 aliphatic rings. The highest BCUT2D eigenvalue weighted by Crippen LogP contribution is 2.37. The van der Waals surface area contributed by atoms with Crippen molar-refractivity contribution in [1.82, 2.24) is 4.90 Å². The fraction of sp³-hybridized carbons (Fsp3) is 1.00. The first kappa shape index (κ1) is 13.2. The van der Waals surface area contributed by atoms with Gasteiger partial charge in [-0.1, -0.05) is 0 Å². The van der Waals surface area contributed by atoms with Crippen molar-refractivity contribution in [1.29, 1.82) is 0 Å². The molecule has 0 radical (unpaired) electrons. The molecule has 0 amide bonds. The van der Waals surface area contributed by atoms with E-state index in [0.717, 1.165) is 32.1 Å². The zero-order valence-corrected chi connectivity index (χ0v) is 12.0. The lowest BCUT2D eigenvalue weighted by Crippen LogP contribution is -2.53. The number of nitrogens with zero attached hydrogens (tertiary/aromatic N) is 1. The van der Waals surface area contributed by atoms with E-state index in [-0.39, 0.29) is 0 Å². The van der Waals surface area contributed by atoms with E-state index in [1.54, 1.807) is 0 Å². The maximum Gasteiger partial charge on any atom is 0.0730 e. The quantitative estimate of drug-likeness (QED) is 0.793. The van der Waals surface area contributed by atoms with Crippen LogP contribution in [-0.4, -0.2) is 55.7 Å². The summed E-state index contributed by atoms with van der Waals surface area (Å²) in [6.45, 7) is 5.06. The van der Waals surface area contributed by atoms with Gasteiger partial charge in [-0.05, 0) is 43.3 Å². The molecule has 18 heavy (non-hydrogen) atoms. The predicted octanol–water partition coefficient (Wildman–Crippen LogP) is 1.97. The molecule has 0 spiro atoms. The highest BCUT2D eigenvalue weighted by Gasteiger charge is 2.40. The molecule has 3 fully saturated rings. The molecular weight excluding hydrogens is 246 g/mol. The first-order valence-corrected chi connectivity index (χ1v) is 8.01. The van der Waals surface area contributed by atoms with Gasteiger partial charge in [0.25, 0.3) is 0 Å². The van der Waals surface area contributed by atoms with Gasteiger partial charge in [-0.2, -0.15) is 12.6 Å². The van der Waals surface area contributed by atoms with Crippen LogP contribution in [-0.2, 0) is 9.47 Å². The maximum atomic E-state index is 5.90. The van der Waals surface area contributed by atoms with Gasteiger partial charge in [-0.3, -0.25) is 4.90 Å². The number of hydrogen-bond donors (Lipinski definition) is 1. The number of fused-ring (bicyclic) bond motifs is 1. The van der Waals surface area contributed by atoms with Gasteiger partial charge in [0.05, 0.1) is 12.7 Å². The molecule has 0 aromatic rings. The molecule has 2 unspecified atom stereocenters.